The number of halogens is 3. The Kier molecular flexibility index (Phi) is 4.42. The number of fused-ring (bicyclic) bond motifs is 1. The number of aromatic nitrogens is 3. The molecule has 0 aliphatic rings. The molecule has 1 N–H and O–H groups in total. The highest BCUT2D eigenvalue weighted by atomic mass is 35.5. The summed E-state index contributed by atoms with van der Waals surface area (Å²) in [6, 6.07) is 5.28. The lowest BCUT2D eigenvalue weighted by molar-refractivity contribution is 1.01. The van der Waals surface area contributed by atoms with Crippen molar-refractivity contribution in [1.82, 2.24) is 15.0 Å². The monoisotopic (exact) mass is 376 g/mol. The third kappa shape index (κ3) is 3.05. The van der Waals surface area contributed by atoms with E-state index in [9.17, 15) is 0 Å². The van der Waals surface area contributed by atoms with Crippen LogP contribution < -0.4 is 5.32 Å². The van der Waals surface area contributed by atoms with Crippen LogP contribution in [0.5, 0.6) is 0 Å². The number of hydrogen-bond donors (Lipinski definition) is 1. The molecule has 1 aromatic carbocycles. The third-order valence-electron chi connectivity index (χ3n) is 2.57. The Morgan fingerprint density at radius 1 is 1.10 bits per heavy atom. The number of nitrogens with one attached hydrogen (secondary N) is 1. The van der Waals surface area contributed by atoms with Crippen molar-refractivity contribution < 1.29 is 0 Å². The van der Waals surface area contributed by atoms with E-state index < -0.39 is 0 Å². The summed E-state index contributed by atoms with van der Waals surface area (Å²) in [5.74, 6) is 0. The van der Waals surface area contributed by atoms with Crippen LogP contribution in [-0.4, -0.2) is 21.2 Å². The fourth-order valence-electron chi connectivity index (χ4n) is 1.64. The van der Waals surface area contributed by atoms with Gasteiger partial charge < -0.3 is 5.32 Å². The first kappa shape index (κ1) is 15.1. The van der Waals surface area contributed by atoms with Gasteiger partial charge in [-0.25, -0.2) is 15.0 Å². The summed E-state index contributed by atoms with van der Waals surface area (Å²) in [6.45, 7) is 0. The van der Waals surface area contributed by atoms with E-state index in [2.05, 4.69) is 20.3 Å². The first-order valence-corrected chi connectivity index (χ1v) is 8.85. The van der Waals surface area contributed by atoms with E-state index in [1.165, 1.54) is 23.1 Å². The molecule has 0 spiro atoms. The lowest BCUT2D eigenvalue weighted by Crippen LogP contribution is -1.91. The van der Waals surface area contributed by atoms with E-state index in [0.29, 0.717) is 41.5 Å². The molecule has 2 heterocycles. The maximum absolute atomic E-state index is 6.13. The minimum Gasteiger partial charge on any atom is -0.329 e. The minimum absolute atomic E-state index is 0.332. The number of para-hydroxylation sites is 1. The summed E-state index contributed by atoms with van der Waals surface area (Å²) < 4.78 is 0. The summed E-state index contributed by atoms with van der Waals surface area (Å²) in [5.41, 5.74) is 1.17. The molecule has 21 heavy (non-hydrogen) atoms. The van der Waals surface area contributed by atoms with Crippen LogP contribution in [0, 0.1) is 0 Å². The molecule has 0 radical (unpaired) electrons. The number of anilines is 2. The van der Waals surface area contributed by atoms with Crippen LogP contribution >= 0.6 is 57.9 Å². The molecular weight excluding hydrogens is 371 g/mol. The molecule has 108 valence electrons. The van der Waals surface area contributed by atoms with E-state index in [1.54, 1.807) is 18.2 Å². The summed E-state index contributed by atoms with van der Waals surface area (Å²) in [7, 11) is 0. The number of thioether (sulfide) groups is 1. The lowest BCUT2D eigenvalue weighted by atomic mass is 10.3. The maximum atomic E-state index is 6.13. The Labute approximate surface area is 143 Å². The SMILES string of the molecule is CSc1nc(Cl)c2nc(Nc3c(Cl)cccc3Cl)sc2n1. The predicted molar refractivity (Wildman–Crippen MR) is 91.7 cm³/mol. The summed E-state index contributed by atoms with van der Waals surface area (Å²) in [4.78, 5) is 13.6. The van der Waals surface area contributed by atoms with Gasteiger partial charge in [0.25, 0.3) is 0 Å². The summed E-state index contributed by atoms with van der Waals surface area (Å²) in [6.07, 6.45) is 1.89. The van der Waals surface area contributed by atoms with Gasteiger partial charge in [0.05, 0.1) is 15.7 Å². The van der Waals surface area contributed by atoms with E-state index in [-0.39, 0.29) is 0 Å². The molecule has 0 aliphatic carbocycles. The van der Waals surface area contributed by atoms with Gasteiger partial charge in [-0.1, -0.05) is 64.0 Å². The molecule has 2 aromatic heterocycles. The highest BCUT2D eigenvalue weighted by molar-refractivity contribution is 7.98. The van der Waals surface area contributed by atoms with E-state index >= 15 is 0 Å². The molecule has 0 atom stereocenters. The standard InChI is InChI=1S/C12H7Cl3N4S2/c1-20-11-18-9(15)8-10(19-11)21-12(17-8)16-7-5(13)3-2-4-6(7)14/h2-4H,1H3,(H,16,17). The second kappa shape index (κ2) is 6.14. The fraction of sp³-hybridized carbons (Fsp3) is 0.0833. The zero-order valence-electron chi connectivity index (χ0n) is 10.5. The van der Waals surface area contributed by atoms with Crippen molar-refractivity contribution in [2.75, 3.05) is 11.6 Å². The molecule has 3 rings (SSSR count). The zero-order chi connectivity index (χ0) is 15.0. The number of benzene rings is 1. The van der Waals surface area contributed by atoms with Gasteiger partial charge in [0.1, 0.15) is 5.52 Å². The first-order chi connectivity index (χ1) is 10.1. The van der Waals surface area contributed by atoms with Crippen LogP contribution in [0.2, 0.25) is 15.2 Å². The topological polar surface area (TPSA) is 50.7 Å². The molecule has 0 aliphatic heterocycles. The van der Waals surface area contributed by atoms with Crippen molar-refractivity contribution in [2.45, 2.75) is 5.16 Å². The van der Waals surface area contributed by atoms with Gasteiger partial charge in [-0.3, -0.25) is 0 Å². The molecular formula is C12H7Cl3N4S2. The van der Waals surface area contributed by atoms with Crippen molar-refractivity contribution in [2.24, 2.45) is 0 Å². The van der Waals surface area contributed by atoms with E-state index in [1.807, 2.05) is 6.26 Å². The largest absolute Gasteiger partial charge is 0.329 e. The quantitative estimate of drug-likeness (QED) is 0.370. The highest BCUT2D eigenvalue weighted by Gasteiger charge is 2.14. The van der Waals surface area contributed by atoms with E-state index in [0.717, 1.165) is 0 Å². The Morgan fingerprint density at radius 2 is 1.81 bits per heavy atom. The number of hydrogen-bond acceptors (Lipinski definition) is 6. The summed E-state index contributed by atoms with van der Waals surface area (Å²) >= 11 is 21.2. The number of thiazole rings is 1. The van der Waals surface area contributed by atoms with Crippen LogP contribution in [-0.2, 0) is 0 Å². The van der Waals surface area contributed by atoms with Gasteiger partial charge in [-0.15, -0.1) is 0 Å². The van der Waals surface area contributed by atoms with E-state index in [4.69, 9.17) is 34.8 Å². The predicted octanol–water partition coefficient (Wildman–Crippen LogP) is 5.51. The average Bonchev–Trinajstić information content (AvgIpc) is 2.86. The molecule has 0 bridgehead atoms. The van der Waals surface area contributed by atoms with Gasteiger partial charge in [0.2, 0.25) is 0 Å². The molecule has 9 heteroatoms. The average molecular weight is 378 g/mol. The van der Waals surface area contributed by atoms with Gasteiger partial charge in [-0.2, -0.15) is 0 Å². The molecule has 0 saturated heterocycles. The molecule has 0 unspecified atom stereocenters. The summed E-state index contributed by atoms with van der Waals surface area (Å²) in [5, 5.41) is 5.69. The molecule has 0 fully saturated rings. The molecule has 0 amide bonds. The fourth-order valence-corrected chi connectivity index (χ4v) is 3.72. The van der Waals surface area contributed by atoms with Gasteiger partial charge in [0.15, 0.2) is 20.3 Å². The third-order valence-corrected chi connectivity index (χ3v) is 4.88. The lowest BCUT2D eigenvalue weighted by Gasteiger charge is -2.06. The van der Waals surface area contributed by atoms with Gasteiger partial charge in [0, 0.05) is 0 Å². The van der Waals surface area contributed by atoms with Crippen LogP contribution in [0.3, 0.4) is 0 Å². The van der Waals surface area contributed by atoms with Gasteiger partial charge >= 0.3 is 0 Å². The second-order valence-electron chi connectivity index (χ2n) is 3.90. The van der Waals surface area contributed by atoms with Crippen molar-refractivity contribution in [1.29, 1.82) is 0 Å². The Hall–Kier alpha value is -0.790. The number of nitrogens with zero attached hydrogens (tertiary/aromatic N) is 3. The first-order valence-electron chi connectivity index (χ1n) is 5.67. The van der Waals surface area contributed by atoms with Gasteiger partial charge in [-0.05, 0) is 18.4 Å². The minimum atomic E-state index is 0.332. The maximum Gasteiger partial charge on any atom is 0.190 e. The van der Waals surface area contributed by atoms with Crippen molar-refractivity contribution in [3.8, 4) is 0 Å². The zero-order valence-corrected chi connectivity index (χ0v) is 14.4. The van der Waals surface area contributed by atoms with Crippen LogP contribution in [0.1, 0.15) is 0 Å². The van der Waals surface area contributed by atoms with Crippen molar-refractivity contribution in [3.63, 3.8) is 0 Å². The van der Waals surface area contributed by atoms with Crippen LogP contribution in [0.4, 0.5) is 10.8 Å². The molecule has 3 aromatic rings. The Morgan fingerprint density at radius 3 is 2.48 bits per heavy atom. The van der Waals surface area contributed by atoms with Crippen LogP contribution in [0.25, 0.3) is 10.3 Å². The highest BCUT2D eigenvalue weighted by Crippen LogP contribution is 2.36. The molecule has 4 nitrogen and oxygen atoms in total. The Balaban J connectivity index is 2.04. The van der Waals surface area contributed by atoms with Crippen LogP contribution in [0.15, 0.2) is 23.4 Å². The van der Waals surface area contributed by atoms with Crippen molar-refractivity contribution >= 4 is 79.1 Å². The van der Waals surface area contributed by atoms with Crippen molar-refractivity contribution in [3.05, 3.63) is 33.4 Å². The Bertz CT molecular complexity index is 801. The second-order valence-corrected chi connectivity index (χ2v) is 6.82. The smallest absolute Gasteiger partial charge is 0.190 e. The normalized spacial score (nSPS) is 11.0. The number of rotatable bonds is 3. The molecule has 0 saturated carbocycles.